The zero-order valence-electron chi connectivity index (χ0n) is 14.6. The summed E-state index contributed by atoms with van der Waals surface area (Å²) in [5.41, 5.74) is -0.237. The lowest BCUT2D eigenvalue weighted by Crippen LogP contribution is -2.33. The maximum absolute atomic E-state index is 11.9. The standard InChI is InChI=1S/C16H27N2O5P/c1-4-21-24(22-5-2)10-6-7-13-8-9-14(23-13)18-11-12(3)15(19)17-16(18)20/h11,13-14H,4-10H2,1-3H3,(H,17,19,20). The van der Waals surface area contributed by atoms with Crippen LogP contribution in [0.2, 0.25) is 0 Å². The van der Waals surface area contributed by atoms with Gasteiger partial charge in [-0.05, 0) is 46.5 Å². The number of rotatable bonds is 9. The fourth-order valence-corrected chi connectivity index (χ4v) is 4.16. The Morgan fingerprint density at radius 2 is 2.00 bits per heavy atom. The predicted molar refractivity (Wildman–Crippen MR) is 93.5 cm³/mol. The second-order valence-corrected chi connectivity index (χ2v) is 7.43. The van der Waals surface area contributed by atoms with Gasteiger partial charge in [-0.25, -0.2) is 4.79 Å². The normalized spacial score (nSPS) is 20.8. The summed E-state index contributed by atoms with van der Waals surface area (Å²) in [6.45, 7) is 6.97. The molecule has 1 saturated heterocycles. The Labute approximate surface area is 143 Å². The molecule has 1 N–H and O–H groups in total. The highest BCUT2D eigenvalue weighted by molar-refractivity contribution is 7.47. The summed E-state index contributed by atoms with van der Waals surface area (Å²) in [7, 11) is -0.800. The molecule has 2 atom stereocenters. The molecule has 1 aliphatic heterocycles. The quantitative estimate of drug-likeness (QED) is 0.686. The molecule has 0 bridgehead atoms. The third-order valence-electron chi connectivity index (χ3n) is 3.95. The SMILES string of the molecule is CCOP(CCCC1CCC(n2cc(C)c(=O)[nH]c2=O)O1)OCC. The summed E-state index contributed by atoms with van der Waals surface area (Å²) >= 11 is 0. The first-order valence-electron chi connectivity index (χ1n) is 8.56. The van der Waals surface area contributed by atoms with Gasteiger partial charge < -0.3 is 13.8 Å². The van der Waals surface area contributed by atoms with E-state index in [0.717, 1.165) is 31.8 Å². The zero-order chi connectivity index (χ0) is 17.5. The van der Waals surface area contributed by atoms with E-state index in [1.165, 1.54) is 4.57 Å². The molecule has 0 radical (unpaired) electrons. The molecule has 1 aliphatic rings. The fourth-order valence-electron chi connectivity index (χ4n) is 2.81. The highest BCUT2D eigenvalue weighted by atomic mass is 31.2. The van der Waals surface area contributed by atoms with Gasteiger partial charge in [0.15, 0.2) is 8.38 Å². The topological polar surface area (TPSA) is 82.6 Å². The lowest BCUT2D eigenvalue weighted by atomic mass is 10.1. The van der Waals surface area contributed by atoms with Crippen LogP contribution in [0, 0.1) is 6.92 Å². The monoisotopic (exact) mass is 358 g/mol. The molecule has 8 heteroatoms. The van der Waals surface area contributed by atoms with Crippen LogP contribution in [0.4, 0.5) is 0 Å². The molecule has 0 saturated carbocycles. The Hall–Kier alpha value is -1.01. The van der Waals surface area contributed by atoms with Gasteiger partial charge in [0.25, 0.3) is 5.56 Å². The number of aromatic nitrogens is 2. The minimum Gasteiger partial charge on any atom is -0.355 e. The minimum absolute atomic E-state index is 0.134. The predicted octanol–water partition coefficient (Wildman–Crippen LogP) is 2.69. The van der Waals surface area contributed by atoms with Gasteiger partial charge >= 0.3 is 5.69 Å². The fraction of sp³-hybridized carbons (Fsp3) is 0.750. The van der Waals surface area contributed by atoms with Gasteiger partial charge in [-0.1, -0.05) is 0 Å². The van der Waals surface area contributed by atoms with Crippen LogP contribution in [0.25, 0.3) is 0 Å². The number of aromatic amines is 1. The van der Waals surface area contributed by atoms with Crippen LogP contribution < -0.4 is 11.2 Å². The van der Waals surface area contributed by atoms with Gasteiger partial charge in [-0.3, -0.25) is 14.3 Å². The van der Waals surface area contributed by atoms with Crippen molar-refractivity contribution in [3.63, 3.8) is 0 Å². The molecule has 0 spiro atoms. The minimum atomic E-state index is -0.800. The lowest BCUT2D eigenvalue weighted by Gasteiger charge is -2.18. The molecule has 136 valence electrons. The molecule has 7 nitrogen and oxygen atoms in total. The summed E-state index contributed by atoms with van der Waals surface area (Å²) < 4.78 is 18.7. The molecule has 0 amide bonds. The molecule has 1 fully saturated rings. The molecule has 1 aromatic rings. The van der Waals surface area contributed by atoms with Crippen LogP contribution in [0.5, 0.6) is 0 Å². The number of nitrogens with one attached hydrogen (secondary N) is 1. The van der Waals surface area contributed by atoms with E-state index in [0.29, 0.717) is 18.8 Å². The van der Waals surface area contributed by atoms with E-state index >= 15 is 0 Å². The second-order valence-electron chi connectivity index (χ2n) is 5.80. The van der Waals surface area contributed by atoms with E-state index < -0.39 is 14.1 Å². The number of aryl methyl sites for hydroxylation is 1. The van der Waals surface area contributed by atoms with Crippen molar-refractivity contribution < 1.29 is 13.8 Å². The van der Waals surface area contributed by atoms with Crippen molar-refractivity contribution >= 4 is 8.38 Å². The van der Waals surface area contributed by atoms with E-state index in [9.17, 15) is 9.59 Å². The van der Waals surface area contributed by atoms with Crippen molar-refractivity contribution in [2.24, 2.45) is 0 Å². The molecular weight excluding hydrogens is 331 g/mol. The van der Waals surface area contributed by atoms with Crippen molar-refractivity contribution in [2.75, 3.05) is 19.4 Å². The highest BCUT2D eigenvalue weighted by Gasteiger charge is 2.27. The van der Waals surface area contributed by atoms with Crippen molar-refractivity contribution in [1.29, 1.82) is 0 Å². The molecular formula is C16H27N2O5P. The first-order valence-corrected chi connectivity index (χ1v) is 9.92. The van der Waals surface area contributed by atoms with E-state index in [4.69, 9.17) is 13.8 Å². The number of hydrogen-bond acceptors (Lipinski definition) is 5. The van der Waals surface area contributed by atoms with Crippen LogP contribution in [-0.4, -0.2) is 35.0 Å². The molecule has 0 aromatic carbocycles. The number of ether oxygens (including phenoxy) is 1. The Kier molecular flexibility index (Phi) is 7.62. The summed E-state index contributed by atoms with van der Waals surface area (Å²) in [6, 6.07) is 0. The van der Waals surface area contributed by atoms with E-state index in [1.54, 1.807) is 13.1 Å². The zero-order valence-corrected chi connectivity index (χ0v) is 15.5. The Balaban J connectivity index is 1.84. The smallest absolute Gasteiger partial charge is 0.330 e. The van der Waals surface area contributed by atoms with E-state index in [1.807, 2.05) is 13.8 Å². The Morgan fingerprint density at radius 3 is 2.67 bits per heavy atom. The van der Waals surface area contributed by atoms with Gasteiger partial charge in [0.1, 0.15) is 6.23 Å². The molecule has 2 heterocycles. The van der Waals surface area contributed by atoms with Crippen LogP contribution >= 0.6 is 8.38 Å². The largest absolute Gasteiger partial charge is 0.355 e. The van der Waals surface area contributed by atoms with E-state index in [2.05, 4.69) is 4.98 Å². The molecule has 0 aliphatic carbocycles. The molecule has 2 unspecified atom stereocenters. The van der Waals surface area contributed by atoms with Crippen molar-refractivity contribution in [1.82, 2.24) is 9.55 Å². The van der Waals surface area contributed by atoms with Crippen molar-refractivity contribution in [2.45, 2.75) is 58.8 Å². The van der Waals surface area contributed by atoms with Gasteiger partial charge in [0.2, 0.25) is 0 Å². The third-order valence-corrected chi connectivity index (χ3v) is 5.73. The van der Waals surface area contributed by atoms with Crippen LogP contribution in [0.3, 0.4) is 0 Å². The van der Waals surface area contributed by atoms with Gasteiger partial charge in [0.05, 0.1) is 19.3 Å². The molecule has 1 aromatic heterocycles. The van der Waals surface area contributed by atoms with Gasteiger partial charge in [-0.2, -0.15) is 0 Å². The summed E-state index contributed by atoms with van der Waals surface area (Å²) in [6.07, 6.45) is 5.91. The van der Waals surface area contributed by atoms with Crippen molar-refractivity contribution in [3.8, 4) is 0 Å². The third kappa shape index (κ3) is 5.24. The average Bonchev–Trinajstić information content (AvgIpc) is 3.00. The van der Waals surface area contributed by atoms with Crippen LogP contribution in [0.15, 0.2) is 15.8 Å². The van der Waals surface area contributed by atoms with Crippen LogP contribution in [-0.2, 0) is 13.8 Å². The van der Waals surface area contributed by atoms with Gasteiger partial charge in [-0.15, -0.1) is 0 Å². The first kappa shape index (κ1) is 19.3. The van der Waals surface area contributed by atoms with Crippen molar-refractivity contribution in [3.05, 3.63) is 32.6 Å². The maximum Gasteiger partial charge on any atom is 0.330 e. The first-order chi connectivity index (χ1) is 11.5. The Morgan fingerprint density at radius 1 is 1.29 bits per heavy atom. The average molecular weight is 358 g/mol. The summed E-state index contributed by atoms with van der Waals surface area (Å²) in [5, 5.41) is 0. The Bertz CT molecular complexity index is 624. The van der Waals surface area contributed by atoms with Gasteiger partial charge in [0, 0.05) is 17.9 Å². The summed E-state index contributed by atoms with van der Waals surface area (Å²) in [5.74, 6) is 0. The highest BCUT2D eigenvalue weighted by Crippen LogP contribution is 2.40. The van der Waals surface area contributed by atoms with E-state index in [-0.39, 0.29) is 17.9 Å². The maximum atomic E-state index is 11.9. The number of hydrogen-bond donors (Lipinski definition) is 1. The van der Waals surface area contributed by atoms with Crippen LogP contribution in [0.1, 0.15) is 51.3 Å². The number of H-pyrrole nitrogens is 1. The molecule has 24 heavy (non-hydrogen) atoms. The summed E-state index contributed by atoms with van der Waals surface area (Å²) in [4.78, 5) is 25.7. The lowest BCUT2D eigenvalue weighted by molar-refractivity contribution is -0.00445. The number of nitrogens with zero attached hydrogens (tertiary/aromatic N) is 1. The second kappa shape index (κ2) is 9.47. The molecule has 2 rings (SSSR count).